The lowest BCUT2D eigenvalue weighted by Crippen LogP contribution is -2.46. The van der Waals surface area contributed by atoms with Gasteiger partial charge in [-0.15, -0.1) is 10.2 Å². The number of hydrogen-bond donors (Lipinski definition) is 1. The number of nitrogens with one attached hydrogen (secondary N) is 1. The van der Waals surface area contributed by atoms with E-state index in [-0.39, 0.29) is 11.7 Å². The third-order valence-electron chi connectivity index (χ3n) is 5.44. The molecule has 1 aliphatic heterocycles. The monoisotopic (exact) mass is 487 g/mol. The number of halogens is 1. The van der Waals surface area contributed by atoms with Crippen LogP contribution in [-0.4, -0.2) is 66.6 Å². The minimum atomic E-state index is -0.170. The first-order chi connectivity index (χ1) is 16.1. The van der Waals surface area contributed by atoms with Crippen LogP contribution in [0.3, 0.4) is 0 Å². The van der Waals surface area contributed by atoms with E-state index >= 15 is 0 Å². The second-order valence-corrected chi connectivity index (χ2v) is 8.89. The van der Waals surface area contributed by atoms with E-state index < -0.39 is 0 Å². The molecule has 1 fully saturated rings. The zero-order valence-corrected chi connectivity index (χ0v) is 20.2. The smallest absolute Gasteiger partial charge is 0.277 e. The maximum atomic E-state index is 12.7. The van der Waals surface area contributed by atoms with Crippen molar-refractivity contribution in [2.75, 3.05) is 55.8 Å². The van der Waals surface area contributed by atoms with Crippen molar-refractivity contribution >= 4 is 40.6 Å². The van der Waals surface area contributed by atoms with E-state index in [0.717, 1.165) is 44.0 Å². The van der Waals surface area contributed by atoms with Gasteiger partial charge in [0.05, 0.1) is 24.2 Å². The van der Waals surface area contributed by atoms with Gasteiger partial charge in [0.25, 0.3) is 5.22 Å². The second kappa shape index (κ2) is 10.9. The van der Waals surface area contributed by atoms with E-state index in [1.54, 1.807) is 13.2 Å². The number of anilines is 2. The highest BCUT2D eigenvalue weighted by Gasteiger charge is 2.20. The summed E-state index contributed by atoms with van der Waals surface area (Å²) in [6.07, 6.45) is 0. The largest absolute Gasteiger partial charge is 0.497 e. The molecule has 0 atom stereocenters. The summed E-state index contributed by atoms with van der Waals surface area (Å²) in [5, 5.41) is 12.0. The van der Waals surface area contributed by atoms with Crippen LogP contribution in [0.5, 0.6) is 5.75 Å². The number of methoxy groups -OCH3 is 1. The van der Waals surface area contributed by atoms with Crippen LogP contribution in [0.1, 0.15) is 6.92 Å². The Kier molecular flexibility index (Phi) is 7.74. The number of aromatic nitrogens is 2. The molecule has 2 aromatic carbocycles. The van der Waals surface area contributed by atoms with Crippen LogP contribution < -0.4 is 15.0 Å². The zero-order chi connectivity index (χ0) is 23.2. The van der Waals surface area contributed by atoms with Gasteiger partial charge in [-0.1, -0.05) is 36.4 Å². The summed E-state index contributed by atoms with van der Waals surface area (Å²) in [5.41, 5.74) is 2.44. The van der Waals surface area contributed by atoms with Gasteiger partial charge in [0, 0.05) is 36.8 Å². The van der Waals surface area contributed by atoms with Crippen molar-refractivity contribution in [3.63, 3.8) is 0 Å². The van der Waals surface area contributed by atoms with Gasteiger partial charge in [-0.2, -0.15) is 0 Å². The quantitative estimate of drug-likeness (QED) is 0.471. The number of carbonyl (C=O) groups is 1. The summed E-state index contributed by atoms with van der Waals surface area (Å²) in [7, 11) is 1.60. The highest BCUT2D eigenvalue weighted by atomic mass is 35.5. The molecule has 0 aliphatic carbocycles. The number of nitrogens with zero attached hydrogens (tertiary/aromatic N) is 4. The Morgan fingerprint density at radius 3 is 2.76 bits per heavy atom. The summed E-state index contributed by atoms with van der Waals surface area (Å²) in [5.74, 6) is 1.04. The van der Waals surface area contributed by atoms with Crippen LogP contribution in [0.2, 0.25) is 5.02 Å². The van der Waals surface area contributed by atoms with Crippen LogP contribution in [0.15, 0.2) is 52.1 Å². The molecule has 33 heavy (non-hydrogen) atoms. The number of amides is 1. The Morgan fingerprint density at radius 2 is 2.00 bits per heavy atom. The van der Waals surface area contributed by atoms with E-state index in [9.17, 15) is 4.79 Å². The number of ether oxygens (including phenoxy) is 1. The van der Waals surface area contributed by atoms with Crippen LogP contribution in [0.4, 0.5) is 11.4 Å². The summed E-state index contributed by atoms with van der Waals surface area (Å²) in [6.45, 7) is 7.02. The molecule has 0 spiro atoms. The highest BCUT2D eigenvalue weighted by Crippen LogP contribution is 2.31. The van der Waals surface area contributed by atoms with E-state index in [0.29, 0.717) is 27.6 Å². The van der Waals surface area contributed by atoms with Gasteiger partial charge < -0.3 is 24.3 Å². The van der Waals surface area contributed by atoms with Gasteiger partial charge in [-0.3, -0.25) is 4.79 Å². The van der Waals surface area contributed by atoms with Crippen molar-refractivity contribution in [1.82, 2.24) is 15.1 Å². The number of likely N-dealkylation sites (N-methyl/N-ethyl adjacent to an activating group) is 1. The predicted molar refractivity (Wildman–Crippen MR) is 131 cm³/mol. The summed E-state index contributed by atoms with van der Waals surface area (Å²) >= 11 is 7.40. The SMILES string of the molecule is CCN1CCN(c2ccc(Cl)cc2NC(=O)CSc2nnc(-c3cccc(OC)c3)o2)CC1. The highest BCUT2D eigenvalue weighted by molar-refractivity contribution is 7.99. The van der Waals surface area contributed by atoms with E-state index in [1.165, 1.54) is 11.8 Å². The molecule has 174 valence electrons. The third-order valence-corrected chi connectivity index (χ3v) is 6.50. The Balaban J connectivity index is 1.38. The fraction of sp³-hybridized carbons (Fsp3) is 0.348. The van der Waals surface area contributed by atoms with Crippen LogP contribution in [-0.2, 0) is 4.79 Å². The maximum Gasteiger partial charge on any atom is 0.277 e. The Bertz CT molecular complexity index is 1100. The molecule has 0 saturated carbocycles. The van der Waals surface area contributed by atoms with Gasteiger partial charge in [-0.05, 0) is 42.9 Å². The van der Waals surface area contributed by atoms with E-state index in [2.05, 4.69) is 32.2 Å². The Morgan fingerprint density at radius 1 is 1.18 bits per heavy atom. The summed E-state index contributed by atoms with van der Waals surface area (Å²) in [4.78, 5) is 17.4. The maximum absolute atomic E-state index is 12.7. The van der Waals surface area contributed by atoms with Gasteiger partial charge in [-0.25, -0.2) is 0 Å². The Labute approximate surface area is 202 Å². The molecule has 1 saturated heterocycles. The first-order valence-electron chi connectivity index (χ1n) is 10.7. The van der Waals surface area contributed by atoms with E-state index in [1.807, 2.05) is 36.4 Å². The lowest BCUT2D eigenvalue weighted by Gasteiger charge is -2.36. The zero-order valence-electron chi connectivity index (χ0n) is 18.6. The molecule has 0 bridgehead atoms. The van der Waals surface area contributed by atoms with Crippen LogP contribution in [0, 0.1) is 0 Å². The van der Waals surface area contributed by atoms with Gasteiger partial charge >= 0.3 is 0 Å². The molecule has 1 aliphatic rings. The second-order valence-electron chi connectivity index (χ2n) is 7.52. The molecule has 2 heterocycles. The normalized spacial score (nSPS) is 14.3. The fourth-order valence-corrected chi connectivity index (χ4v) is 4.38. The van der Waals surface area contributed by atoms with Crippen molar-refractivity contribution < 1.29 is 13.9 Å². The van der Waals surface area contributed by atoms with Crippen LogP contribution >= 0.6 is 23.4 Å². The molecular weight excluding hydrogens is 462 g/mol. The molecule has 1 amide bonds. The standard InChI is InChI=1S/C23H26ClN5O3S/c1-3-28-9-11-29(12-10-28)20-8-7-17(24)14-19(20)25-21(30)15-33-23-27-26-22(32-23)16-5-4-6-18(13-16)31-2/h4-8,13-14H,3,9-12,15H2,1-2H3,(H,25,30). The average Bonchev–Trinajstić information content (AvgIpc) is 3.32. The lowest BCUT2D eigenvalue weighted by atomic mass is 10.2. The molecule has 1 N–H and O–H groups in total. The third kappa shape index (κ3) is 5.98. The number of benzene rings is 2. The fourth-order valence-electron chi connectivity index (χ4n) is 3.64. The number of piperazine rings is 1. The first kappa shape index (κ1) is 23.4. The Hall–Kier alpha value is -2.75. The molecule has 10 heteroatoms. The minimum Gasteiger partial charge on any atom is -0.497 e. The number of rotatable bonds is 8. The van der Waals surface area contributed by atoms with Gasteiger partial charge in [0.1, 0.15) is 5.75 Å². The average molecular weight is 488 g/mol. The predicted octanol–water partition coefficient (Wildman–Crippen LogP) is 4.27. The van der Waals surface area contributed by atoms with E-state index in [4.69, 9.17) is 20.8 Å². The van der Waals surface area contributed by atoms with Crippen molar-refractivity contribution in [3.05, 3.63) is 47.5 Å². The molecule has 3 aromatic rings. The molecule has 0 unspecified atom stereocenters. The topological polar surface area (TPSA) is 83.7 Å². The summed E-state index contributed by atoms with van der Waals surface area (Å²) < 4.78 is 10.9. The molecular formula is C23H26ClN5O3S. The lowest BCUT2D eigenvalue weighted by molar-refractivity contribution is -0.113. The molecule has 0 radical (unpaired) electrons. The van der Waals surface area contributed by atoms with Crippen molar-refractivity contribution in [2.24, 2.45) is 0 Å². The van der Waals surface area contributed by atoms with Gasteiger partial charge in [0.15, 0.2) is 0 Å². The number of carbonyl (C=O) groups excluding carboxylic acids is 1. The van der Waals surface area contributed by atoms with Crippen molar-refractivity contribution in [1.29, 1.82) is 0 Å². The minimum absolute atomic E-state index is 0.134. The number of hydrogen-bond acceptors (Lipinski definition) is 8. The molecule has 8 nitrogen and oxygen atoms in total. The first-order valence-corrected chi connectivity index (χ1v) is 12.1. The van der Waals surface area contributed by atoms with Gasteiger partial charge in [0.2, 0.25) is 11.8 Å². The van der Waals surface area contributed by atoms with Crippen molar-refractivity contribution in [3.8, 4) is 17.2 Å². The van der Waals surface area contributed by atoms with Crippen LogP contribution in [0.25, 0.3) is 11.5 Å². The molecule has 1 aromatic heterocycles. The summed E-state index contributed by atoms with van der Waals surface area (Å²) in [6, 6.07) is 13.0. The van der Waals surface area contributed by atoms with Crippen molar-refractivity contribution in [2.45, 2.75) is 12.1 Å². The number of thioether (sulfide) groups is 1. The molecule has 4 rings (SSSR count).